The van der Waals surface area contributed by atoms with Crippen LogP contribution in [0.3, 0.4) is 0 Å². The molecular weight excluding hydrogens is 304 g/mol. The van der Waals surface area contributed by atoms with E-state index in [-0.39, 0.29) is 12.8 Å². The monoisotopic (exact) mass is 322 g/mol. The van der Waals surface area contributed by atoms with Crippen LogP contribution in [0.2, 0.25) is 0 Å². The van der Waals surface area contributed by atoms with Crippen LogP contribution >= 0.6 is 0 Å². The second-order valence-corrected chi connectivity index (χ2v) is 4.95. The summed E-state index contributed by atoms with van der Waals surface area (Å²) in [4.78, 5) is 11.7. The third-order valence-corrected chi connectivity index (χ3v) is 3.11. The number of hydrogen-bond acceptors (Lipinski definition) is 3. The van der Waals surface area contributed by atoms with E-state index in [0.29, 0.717) is 12.5 Å². The first kappa shape index (κ1) is 18.3. The molecule has 1 rings (SSSR count). The van der Waals surface area contributed by atoms with E-state index in [2.05, 4.69) is 4.74 Å². The van der Waals surface area contributed by atoms with Crippen LogP contribution in [0.5, 0.6) is 5.75 Å². The van der Waals surface area contributed by atoms with Gasteiger partial charge < -0.3 is 9.84 Å². The fraction of sp³-hybridized carbons (Fsp3) is 0.533. The van der Waals surface area contributed by atoms with Crippen molar-refractivity contribution in [1.82, 2.24) is 0 Å². The van der Waals surface area contributed by atoms with Crippen LogP contribution in [0.15, 0.2) is 18.2 Å². The number of phenolic OH excluding ortho intramolecular Hbond substituents is 1. The van der Waals surface area contributed by atoms with Crippen LogP contribution in [0.1, 0.15) is 49.4 Å². The van der Waals surface area contributed by atoms with Crippen molar-refractivity contribution in [2.24, 2.45) is 0 Å². The second-order valence-electron chi connectivity index (χ2n) is 4.95. The van der Waals surface area contributed by atoms with Crippen molar-refractivity contribution in [3.63, 3.8) is 0 Å². The number of unbranched alkanes of at least 4 members (excludes halogenated alkanes) is 3. The van der Waals surface area contributed by atoms with Gasteiger partial charge in [0.2, 0.25) is 0 Å². The lowest BCUT2D eigenvalue weighted by molar-refractivity contribution is -0.206. The summed E-state index contributed by atoms with van der Waals surface area (Å²) in [7, 11) is 0. The molecule has 1 N–H and O–H groups in total. The van der Waals surface area contributed by atoms with E-state index in [4.69, 9.17) is 5.11 Å². The van der Waals surface area contributed by atoms with Gasteiger partial charge in [-0.1, -0.05) is 26.2 Å². The summed E-state index contributed by atoms with van der Waals surface area (Å²) in [6.07, 6.45) is -4.77. The molecule has 0 aliphatic carbocycles. The Morgan fingerprint density at radius 2 is 1.95 bits per heavy atom. The smallest absolute Gasteiger partial charge is 0.425 e. The normalized spacial score (nSPS) is 13.0. The molecule has 3 nitrogen and oxygen atoms in total. The summed E-state index contributed by atoms with van der Waals surface area (Å²) in [6.45, 7) is 1.93. The number of benzene rings is 1. The van der Waals surface area contributed by atoms with Crippen molar-refractivity contribution in [2.75, 3.05) is 0 Å². The van der Waals surface area contributed by atoms with E-state index in [9.17, 15) is 22.4 Å². The average Bonchev–Trinajstić information content (AvgIpc) is 2.40. The molecule has 0 heterocycles. The number of hydrogen-bond donors (Lipinski definition) is 1. The SMILES string of the molecule is CCCCCC[C@H](OC(=O)c1ccc(O)cc1F)C(F)(F)F. The molecule has 22 heavy (non-hydrogen) atoms. The molecule has 0 fully saturated rings. The van der Waals surface area contributed by atoms with Gasteiger partial charge in [-0.2, -0.15) is 13.2 Å². The number of rotatable bonds is 7. The van der Waals surface area contributed by atoms with Crippen LogP contribution in [0, 0.1) is 5.82 Å². The van der Waals surface area contributed by atoms with Crippen molar-refractivity contribution in [2.45, 2.75) is 51.3 Å². The van der Waals surface area contributed by atoms with Crippen LogP contribution < -0.4 is 0 Å². The Balaban J connectivity index is 2.74. The van der Waals surface area contributed by atoms with Gasteiger partial charge in [-0.25, -0.2) is 9.18 Å². The highest BCUT2D eigenvalue weighted by Gasteiger charge is 2.42. The van der Waals surface area contributed by atoms with Crippen molar-refractivity contribution in [1.29, 1.82) is 0 Å². The van der Waals surface area contributed by atoms with E-state index >= 15 is 0 Å². The van der Waals surface area contributed by atoms with Gasteiger partial charge in [-0.3, -0.25) is 0 Å². The minimum atomic E-state index is -4.70. The standard InChI is InChI=1S/C15H18F4O3/c1-2-3-4-5-6-13(15(17,18)19)22-14(21)11-8-7-10(20)9-12(11)16/h7-9,13,20H,2-6H2,1H3/t13-/m0/s1. The Morgan fingerprint density at radius 3 is 2.50 bits per heavy atom. The molecule has 0 radical (unpaired) electrons. The Labute approximate surface area is 125 Å². The van der Waals surface area contributed by atoms with Crippen molar-refractivity contribution < 1.29 is 32.2 Å². The predicted molar refractivity (Wildman–Crippen MR) is 72.1 cm³/mol. The van der Waals surface area contributed by atoms with E-state index in [1.807, 2.05) is 6.92 Å². The van der Waals surface area contributed by atoms with E-state index in [1.165, 1.54) is 0 Å². The Hall–Kier alpha value is -1.79. The number of esters is 1. The maximum absolute atomic E-state index is 13.5. The highest BCUT2D eigenvalue weighted by Crippen LogP contribution is 2.28. The molecule has 0 aliphatic rings. The van der Waals surface area contributed by atoms with Gasteiger partial charge in [-0.05, 0) is 25.0 Å². The quantitative estimate of drug-likeness (QED) is 0.454. The van der Waals surface area contributed by atoms with Crippen molar-refractivity contribution in [3.05, 3.63) is 29.6 Å². The number of alkyl halides is 3. The van der Waals surface area contributed by atoms with E-state index in [0.717, 1.165) is 25.0 Å². The average molecular weight is 322 g/mol. The zero-order valence-electron chi connectivity index (χ0n) is 12.1. The van der Waals surface area contributed by atoms with E-state index < -0.39 is 35.4 Å². The van der Waals surface area contributed by atoms with Gasteiger partial charge in [0, 0.05) is 6.07 Å². The Bertz CT molecular complexity index is 500. The van der Waals surface area contributed by atoms with Gasteiger partial charge >= 0.3 is 12.1 Å². The Morgan fingerprint density at radius 1 is 1.27 bits per heavy atom. The summed E-state index contributed by atoms with van der Waals surface area (Å²) >= 11 is 0. The molecule has 0 spiro atoms. The molecule has 124 valence electrons. The van der Waals surface area contributed by atoms with Gasteiger partial charge in [-0.15, -0.1) is 0 Å². The number of carbonyl (C=O) groups excluding carboxylic acids is 1. The van der Waals surface area contributed by atoms with Crippen molar-refractivity contribution in [3.8, 4) is 5.75 Å². The minimum Gasteiger partial charge on any atom is -0.508 e. The number of aromatic hydroxyl groups is 1. The molecular formula is C15H18F4O3. The van der Waals surface area contributed by atoms with Crippen LogP contribution in [0.25, 0.3) is 0 Å². The first-order valence-corrected chi connectivity index (χ1v) is 7.02. The van der Waals surface area contributed by atoms with Crippen LogP contribution in [-0.2, 0) is 4.74 Å². The van der Waals surface area contributed by atoms with E-state index in [1.54, 1.807) is 0 Å². The zero-order valence-corrected chi connectivity index (χ0v) is 12.1. The predicted octanol–water partition coefficient (Wildman–Crippen LogP) is 4.59. The molecule has 7 heteroatoms. The van der Waals surface area contributed by atoms with Crippen molar-refractivity contribution >= 4 is 5.97 Å². The zero-order chi connectivity index (χ0) is 16.8. The largest absolute Gasteiger partial charge is 0.508 e. The lowest BCUT2D eigenvalue weighted by Crippen LogP contribution is -2.34. The summed E-state index contributed by atoms with van der Waals surface area (Å²) in [5.74, 6) is -2.95. The first-order chi connectivity index (χ1) is 10.3. The molecule has 1 aromatic carbocycles. The summed E-state index contributed by atoms with van der Waals surface area (Å²) in [5, 5.41) is 9.02. The fourth-order valence-electron chi connectivity index (χ4n) is 1.91. The summed E-state index contributed by atoms with van der Waals surface area (Å²) < 4.78 is 56.5. The first-order valence-electron chi connectivity index (χ1n) is 7.02. The van der Waals surface area contributed by atoms with Gasteiger partial charge in [0.1, 0.15) is 11.6 Å². The highest BCUT2D eigenvalue weighted by molar-refractivity contribution is 5.90. The fourth-order valence-corrected chi connectivity index (χ4v) is 1.91. The molecule has 1 aromatic rings. The maximum atomic E-state index is 13.5. The molecule has 0 saturated heterocycles. The second kappa shape index (κ2) is 8.00. The molecule has 0 unspecified atom stereocenters. The van der Waals surface area contributed by atoms with Gasteiger partial charge in [0.05, 0.1) is 5.56 Å². The third-order valence-electron chi connectivity index (χ3n) is 3.11. The maximum Gasteiger partial charge on any atom is 0.425 e. The highest BCUT2D eigenvalue weighted by atomic mass is 19.4. The summed E-state index contributed by atoms with van der Waals surface area (Å²) in [6, 6.07) is 2.53. The number of ether oxygens (including phenoxy) is 1. The van der Waals surface area contributed by atoms with Gasteiger partial charge in [0.15, 0.2) is 6.10 Å². The molecule has 0 amide bonds. The van der Waals surface area contributed by atoms with Crippen LogP contribution in [0.4, 0.5) is 17.6 Å². The molecule has 0 aliphatic heterocycles. The summed E-state index contributed by atoms with van der Waals surface area (Å²) in [5.41, 5.74) is -0.638. The number of halogens is 4. The minimum absolute atomic E-state index is 0.267. The topological polar surface area (TPSA) is 46.5 Å². The Kier molecular flexibility index (Phi) is 6.64. The molecule has 1 atom stereocenters. The third kappa shape index (κ3) is 5.54. The number of phenols is 1. The lowest BCUT2D eigenvalue weighted by Gasteiger charge is -2.20. The van der Waals surface area contributed by atoms with Crippen LogP contribution in [-0.4, -0.2) is 23.4 Å². The molecule has 0 saturated carbocycles. The lowest BCUT2D eigenvalue weighted by atomic mass is 10.1. The molecule has 0 aromatic heterocycles. The molecule has 0 bridgehead atoms. The number of carbonyl (C=O) groups is 1. The van der Waals surface area contributed by atoms with Gasteiger partial charge in [0.25, 0.3) is 0 Å².